The molecular weight excluding hydrogens is 206 g/mol. The normalized spacial score (nSPS) is 9.50. The number of aryl methyl sites for hydroxylation is 1. The molecule has 1 aromatic carbocycles. The quantitative estimate of drug-likeness (QED) is 0.765. The van der Waals surface area contributed by atoms with E-state index in [1.54, 1.807) is 13.2 Å². The van der Waals surface area contributed by atoms with Gasteiger partial charge in [-0.05, 0) is 37.2 Å². The van der Waals surface area contributed by atoms with Gasteiger partial charge in [0.25, 0.3) is 0 Å². The molecule has 1 aromatic rings. The second kappa shape index (κ2) is 7.48. The fraction of sp³-hybridized carbons (Fsp3) is 0.250. The number of hydrogen-bond acceptors (Lipinski definition) is 3. The maximum atomic E-state index is 10.3. The molecule has 0 aliphatic carbocycles. The number of hydrogen-bond donors (Lipinski definition) is 2. The predicted molar refractivity (Wildman–Crippen MR) is 64.5 cm³/mol. The number of carboxylic acids is 1. The van der Waals surface area contributed by atoms with Crippen molar-refractivity contribution < 1.29 is 14.6 Å². The number of methoxy groups -OCH3 is 1. The lowest BCUT2D eigenvalue weighted by atomic mass is 10.1. The van der Waals surface area contributed by atoms with Crippen LogP contribution in [0.4, 0.5) is 0 Å². The first-order chi connectivity index (χ1) is 7.63. The molecular formula is C12H17NO3. The van der Waals surface area contributed by atoms with E-state index < -0.39 is 5.97 Å². The van der Waals surface area contributed by atoms with Gasteiger partial charge in [0, 0.05) is 6.08 Å². The second-order valence-electron chi connectivity index (χ2n) is 2.90. The molecule has 0 aromatic heterocycles. The van der Waals surface area contributed by atoms with E-state index in [0.717, 1.165) is 23.0 Å². The van der Waals surface area contributed by atoms with Gasteiger partial charge in [-0.15, -0.1) is 0 Å². The molecule has 0 spiro atoms. The third-order valence-corrected chi connectivity index (χ3v) is 1.85. The van der Waals surface area contributed by atoms with Gasteiger partial charge in [-0.25, -0.2) is 4.79 Å². The zero-order chi connectivity index (χ0) is 12.6. The van der Waals surface area contributed by atoms with Crippen molar-refractivity contribution in [3.63, 3.8) is 0 Å². The maximum absolute atomic E-state index is 10.3. The minimum atomic E-state index is -0.954. The molecule has 0 aliphatic rings. The summed E-state index contributed by atoms with van der Waals surface area (Å²) in [6, 6.07) is 5.53. The van der Waals surface area contributed by atoms with Crippen molar-refractivity contribution in [3.8, 4) is 5.75 Å². The first-order valence-corrected chi connectivity index (χ1v) is 4.77. The Kier molecular flexibility index (Phi) is 6.63. The zero-order valence-corrected chi connectivity index (χ0v) is 9.73. The van der Waals surface area contributed by atoms with Crippen LogP contribution in [0.25, 0.3) is 6.08 Å². The lowest BCUT2D eigenvalue weighted by Crippen LogP contribution is -1.88. The summed E-state index contributed by atoms with van der Waals surface area (Å²) in [6.45, 7) is 1.93. The van der Waals surface area contributed by atoms with E-state index in [0.29, 0.717) is 0 Å². The molecule has 0 aliphatic heterocycles. The van der Waals surface area contributed by atoms with Crippen LogP contribution in [0.15, 0.2) is 24.3 Å². The molecule has 0 unspecified atom stereocenters. The third-order valence-electron chi connectivity index (χ3n) is 1.85. The fourth-order valence-corrected chi connectivity index (χ4v) is 1.11. The Morgan fingerprint density at radius 3 is 2.56 bits per heavy atom. The van der Waals surface area contributed by atoms with Crippen LogP contribution in [0.5, 0.6) is 5.75 Å². The highest BCUT2D eigenvalue weighted by molar-refractivity contribution is 5.85. The van der Waals surface area contributed by atoms with Crippen LogP contribution in [0, 0.1) is 6.92 Å². The van der Waals surface area contributed by atoms with Crippen molar-refractivity contribution in [2.45, 2.75) is 6.92 Å². The molecule has 4 heteroatoms. The van der Waals surface area contributed by atoms with Crippen molar-refractivity contribution in [3.05, 3.63) is 35.4 Å². The van der Waals surface area contributed by atoms with Gasteiger partial charge in [0.2, 0.25) is 0 Å². The Bertz CT molecular complexity index is 373. The highest BCUT2D eigenvalue weighted by Gasteiger charge is 1.97. The monoisotopic (exact) mass is 223 g/mol. The largest absolute Gasteiger partial charge is 0.496 e. The molecule has 0 saturated carbocycles. The molecule has 0 fully saturated rings. The van der Waals surface area contributed by atoms with Gasteiger partial charge in [-0.1, -0.05) is 12.1 Å². The maximum Gasteiger partial charge on any atom is 0.328 e. The lowest BCUT2D eigenvalue weighted by molar-refractivity contribution is -0.131. The van der Waals surface area contributed by atoms with Gasteiger partial charge >= 0.3 is 5.97 Å². The fourth-order valence-electron chi connectivity index (χ4n) is 1.11. The molecule has 88 valence electrons. The Balaban J connectivity index is 0.00000106. The topological polar surface area (TPSA) is 72.5 Å². The van der Waals surface area contributed by atoms with Crippen molar-refractivity contribution in [1.82, 2.24) is 0 Å². The summed E-state index contributed by atoms with van der Waals surface area (Å²) in [5.41, 5.74) is 6.34. The first-order valence-electron chi connectivity index (χ1n) is 4.77. The van der Waals surface area contributed by atoms with Gasteiger partial charge in [-0.2, -0.15) is 0 Å². The Labute approximate surface area is 95.3 Å². The first kappa shape index (κ1) is 14.2. The minimum Gasteiger partial charge on any atom is -0.496 e. The Morgan fingerprint density at radius 1 is 1.44 bits per heavy atom. The molecule has 0 amide bonds. The van der Waals surface area contributed by atoms with E-state index >= 15 is 0 Å². The van der Waals surface area contributed by atoms with Gasteiger partial charge in [0.05, 0.1) is 7.11 Å². The summed E-state index contributed by atoms with van der Waals surface area (Å²) >= 11 is 0. The van der Waals surface area contributed by atoms with Gasteiger partial charge in [0.15, 0.2) is 0 Å². The SMILES string of the molecule is CN.COc1cc(/C=C/C(=O)O)ccc1C. The van der Waals surface area contributed by atoms with Crippen molar-refractivity contribution >= 4 is 12.0 Å². The van der Waals surface area contributed by atoms with E-state index in [4.69, 9.17) is 9.84 Å². The van der Waals surface area contributed by atoms with Gasteiger partial charge < -0.3 is 15.6 Å². The van der Waals surface area contributed by atoms with E-state index in [-0.39, 0.29) is 0 Å². The molecule has 1 rings (SSSR count). The average Bonchev–Trinajstić information content (AvgIpc) is 2.30. The highest BCUT2D eigenvalue weighted by Crippen LogP contribution is 2.19. The number of rotatable bonds is 3. The van der Waals surface area contributed by atoms with Gasteiger partial charge in [0.1, 0.15) is 5.75 Å². The summed E-state index contributed by atoms with van der Waals surface area (Å²) in [5, 5.41) is 8.44. The van der Waals surface area contributed by atoms with E-state index in [9.17, 15) is 4.79 Å². The number of benzene rings is 1. The number of nitrogens with two attached hydrogens (primary N) is 1. The molecule has 3 N–H and O–H groups in total. The van der Waals surface area contributed by atoms with Crippen LogP contribution in [0.1, 0.15) is 11.1 Å². The number of aliphatic carboxylic acids is 1. The number of carbonyl (C=O) groups is 1. The molecule has 4 nitrogen and oxygen atoms in total. The van der Waals surface area contributed by atoms with E-state index in [2.05, 4.69) is 5.73 Å². The number of carboxylic acid groups (broad SMARTS) is 1. The number of ether oxygens (including phenoxy) is 1. The third kappa shape index (κ3) is 4.61. The summed E-state index contributed by atoms with van der Waals surface area (Å²) in [6.07, 6.45) is 2.63. The van der Waals surface area contributed by atoms with E-state index in [1.807, 2.05) is 19.1 Å². The van der Waals surface area contributed by atoms with Gasteiger partial charge in [-0.3, -0.25) is 0 Å². The van der Waals surface area contributed by atoms with Crippen molar-refractivity contribution in [2.24, 2.45) is 5.73 Å². The van der Waals surface area contributed by atoms with Crippen LogP contribution in [-0.4, -0.2) is 25.2 Å². The predicted octanol–water partition coefficient (Wildman–Crippen LogP) is 1.68. The summed E-state index contributed by atoms with van der Waals surface area (Å²) in [7, 11) is 3.09. The zero-order valence-electron chi connectivity index (χ0n) is 9.73. The minimum absolute atomic E-state index is 0.762. The molecule has 0 heterocycles. The highest BCUT2D eigenvalue weighted by atomic mass is 16.5. The van der Waals surface area contributed by atoms with Crippen LogP contribution >= 0.6 is 0 Å². The molecule has 16 heavy (non-hydrogen) atoms. The van der Waals surface area contributed by atoms with E-state index in [1.165, 1.54) is 13.1 Å². The molecule has 0 bridgehead atoms. The Hall–Kier alpha value is -1.81. The summed E-state index contributed by atoms with van der Waals surface area (Å²) in [4.78, 5) is 10.3. The second-order valence-corrected chi connectivity index (χ2v) is 2.90. The van der Waals surface area contributed by atoms with Crippen LogP contribution < -0.4 is 10.5 Å². The standard InChI is InChI=1S/C11H12O3.CH5N/c1-8-3-4-9(5-6-11(12)13)7-10(8)14-2;1-2/h3-7H,1-2H3,(H,12,13);2H2,1H3/b6-5+;. The Morgan fingerprint density at radius 2 is 2.06 bits per heavy atom. The van der Waals surface area contributed by atoms with Crippen molar-refractivity contribution in [2.75, 3.05) is 14.2 Å². The van der Waals surface area contributed by atoms with Crippen LogP contribution in [0.3, 0.4) is 0 Å². The van der Waals surface area contributed by atoms with Crippen molar-refractivity contribution in [1.29, 1.82) is 0 Å². The summed E-state index contributed by atoms with van der Waals surface area (Å²) < 4.78 is 5.11. The van der Waals surface area contributed by atoms with Crippen LogP contribution in [-0.2, 0) is 4.79 Å². The molecule has 0 radical (unpaired) electrons. The van der Waals surface area contributed by atoms with Crippen LogP contribution in [0.2, 0.25) is 0 Å². The summed E-state index contributed by atoms with van der Waals surface area (Å²) in [5.74, 6) is -0.193. The molecule has 0 saturated heterocycles. The lowest BCUT2D eigenvalue weighted by Gasteiger charge is -2.04. The average molecular weight is 223 g/mol. The smallest absolute Gasteiger partial charge is 0.328 e. The molecule has 0 atom stereocenters.